The second kappa shape index (κ2) is 6.66. The molecule has 0 aliphatic rings. The fourth-order valence-corrected chi connectivity index (χ4v) is 1.51. The molecule has 90 valence electrons. The molecule has 1 aromatic carbocycles. The first-order chi connectivity index (χ1) is 8.17. The standard InChI is InChI=1S/C13H17N3O/c1-10(8-15-2)13(17)16-9-12-5-3-4-11(6-12)7-14/h3-6,10,15H,8-9H2,1-2H3,(H,16,17). The molecule has 0 aliphatic heterocycles. The molecule has 1 aromatic rings. The summed E-state index contributed by atoms with van der Waals surface area (Å²) in [6.45, 7) is 2.99. The summed E-state index contributed by atoms with van der Waals surface area (Å²) in [6, 6.07) is 9.31. The van der Waals surface area contributed by atoms with E-state index >= 15 is 0 Å². The van der Waals surface area contributed by atoms with Crippen molar-refractivity contribution in [2.45, 2.75) is 13.5 Å². The molecule has 1 unspecified atom stereocenters. The average molecular weight is 231 g/mol. The summed E-state index contributed by atoms with van der Waals surface area (Å²) in [5.41, 5.74) is 1.55. The molecule has 2 N–H and O–H groups in total. The smallest absolute Gasteiger partial charge is 0.224 e. The molecule has 0 fully saturated rings. The maximum atomic E-state index is 11.6. The molecular weight excluding hydrogens is 214 g/mol. The lowest BCUT2D eigenvalue weighted by Gasteiger charge is -2.11. The van der Waals surface area contributed by atoms with E-state index in [1.807, 2.05) is 26.1 Å². The van der Waals surface area contributed by atoms with E-state index in [-0.39, 0.29) is 11.8 Å². The monoisotopic (exact) mass is 231 g/mol. The SMILES string of the molecule is CNCC(C)C(=O)NCc1cccc(C#N)c1. The fraction of sp³-hybridized carbons (Fsp3) is 0.385. The van der Waals surface area contributed by atoms with E-state index in [4.69, 9.17) is 5.26 Å². The Morgan fingerprint density at radius 3 is 2.94 bits per heavy atom. The summed E-state index contributed by atoms with van der Waals surface area (Å²) in [5.74, 6) is -0.0409. The van der Waals surface area contributed by atoms with Gasteiger partial charge in [0.05, 0.1) is 11.6 Å². The van der Waals surface area contributed by atoms with E-state index in [1.165, 1.54) is 0 Å². The minimum Gasteiger partial charge on any atom is -0.352 e. The highest BCUT2D eigenvalue weighted by Gasteiger charge is 2.10. The predicted octanol–water partition coefficient (Wildman–Crippen LogP) is 1.03. The summed E-state index contributed by atoms with van der Waals surface area (Å²) in [4.78, 5) is 11.6. The molecule has 1 amide bonds. The highest BCUT2D eigenvalue weighted by Crippen LogP contribution is 2.04. The van der Waals surface area contributed by atoms with Crippen molar-refractivity contribution < 1.29 is 4.79 Å². The summed E-state index contributed by atoms with van der Waals surface area (Å²) in [6.07, 6.45) is 0. The van der Waals surface area contributed by atoms with Gasteiger partial charge in [-0.1, -0.05) is 19.1 Å². The Balaban J connectivity index is 2.50. The number of hydrogen-bond acceptors (Lipinski definition) is 3. The van der Waals surface area contributed by atoms with Gasteiger partial charge in [0.2, 0.25) is 5.91 Å². The third-order valence-electron chi connectivity index (χ3n) is 2.48. The van der Waals surface area contributed by atoms with Crippen LogP contribution in [0.5, 0.6) is 0 Å². The van der Waals surface area contributed by atoms with Crippen LogP contribution in [0.3, 0.4) is 0 Å². The van der Waals surface area contributed by atoms with Crippen LogP contribution >= 0.6 is 0 Å². The Hall–Kier alpha value is -1.86. The molecular formula is C13H17N3O. The fourth-order valence-electron chi connectivity index (χ4n) is 1.51. The summed E-state index contributed by atoms with van der Waals surface area (Å²) in [7, 11) is 1.82. The zero-order chi connectivity index (χ0) is 12.7. The third kappa shape index (κ3) is 4.25. The van der Waals surface area contributed by atoms with Crippen LogP contribution in [0.25, 0.3) is 0 Å². The third-order valence-corrected chi connectivity index (χ3v) is 2.48. The van der Waals surface area contributed by atoms with Gasteiger partial charge in [0, 0.05) is 19.0 Å². The zero-order valence-electron chi connectivity index (χ0n) is 10.2. The molecule has 0 aliphatic carbocycles. The number of amides is 1. The molecule has 17 heavy (non-hydrogen) atoms. The summed E-state index contributed by atoms with van der Waals surface area (Å²) >= 11 is 0. The number of nitrogens with zero attached hydrogens (tertiary/aromatic N) is 1. The van der Waals surface area contributed by atoms with Crippen LogP contribution in [0.1, 0.15) is 18.1 Å². The number of benzene rings is 1. The van der Waals surface area contributed by atoms with E-state index in [0.717, 1.165) is 5.56 Å². The van der Waals surface area contributed by atoms with Crippen molar-refractivity contribution in [3.05, 3.63) is 35.4 Å². The first-order valence-electron chi connectivity index (χ1n) is 5.58. The largest absolute Gasteiger partial charge is 0.352 e. The van der Waals surface area contributed by atoms with Crippen molar-refractivity contribution in [3.63, 3.8) is 0 Å². The van der Waals surface area contributed by atoms with E-state index in [0.29, 0.717) is 18.7 Å². The van der Waals surface area contributed by atoms with Crippen molar-refractivity contribution in [2.75, 3.05) is 13.6 Å². The number of nitrogens with one attached hydrogen (secondary N) is 2. The number of carbonyl (C=O) groups is 1. The zero-order valence-corrected chi connectivity index (χ0v) is 10.2. The van der Waals surface area contributed by atoms with E-state index < -0.39 is 0 Å². The van der Waals surface area contributed by atoms with Gasteiger partial charge in [-0.05, 0) is 24.7 Å². The Morgan fingerprint density at radius 1 is 1.53 bits per heavy atom. The second-order valence-corrected chi connectivity index (χ2v) is 3.99. The molecule has 0 bridgehead atoms. The number of carbonyl (C=O) groups excluding carboxylic acids is 1. The van der Waals surface area contributed by atoms with Crippen LogP contribution in [-0.2, 0) is 11.3 Å². The molecule has 1 rings (SSSR count). The topological polar surface area (TPSA) is 64.9 Å². The second-order valence-electron chi connectivity index (χ2n) is 3.99. The molecule has 0 saturated heterocycles. The van der Waals surface area contributed by atoms with E-state index in [9.17, 15) is 4.79 Å². The normalized spacial score (nSPS) is 11.6. The lowest BCUT2D eigenvalue weighted by molar-refractivity contribution is -0.124. The minimum atomic E-state index is -0.0563. The van der Waals surface area contributed by atoms with E-state index in [1.54, 1.807) is 12.1 Å². The van der Waals surface area contributed by atoms with E-state index in [2.05, 4.69) is 16.7 Å². The van der Waals surface area contributed by atoms with Gasteiger partial charge in [0.25, 0.3) is 0 Å². The molecule has 4 heteroatoms. The number of hydrogen-bond donors (Lipinski definition) is 2. The van der Waals surface area contributed by atoms with Crippen LogP contribution in [0.4, 0.5) is 0 Å². The first kappa shape index (κ1) is 13.2. The molecule has 0 spiro atoms. The molecule has 0 aromatic heterocycles. The summed E-state index contributed by atoms with van der Waals surface area (Å²) in [5, 5.41) is 14.6. The van der Waals surface area contributed by atoms with Gasteiger partial charge >= 0.3 is 0 Å². The van der Waals surface area contributed by atoms with Crippen molar-refractivity contribution in [1.29, 1.82) is 5.26 Å². The lowest BCUT2D eigenvalue weighted by atomic mass is 10.1. The minimum absolute atomic E-state index is 0.0155. The van der Waals surface area contributed by atoms with Gasteiger partial charge in [-0.15, -0.1) is 0 Å². The quantitative estimate of drug-likeness (QED) is 0.795. The Labute approximate surface area is 102 Å². The number of nitriles is 1. The van der Waals surface area contributed by atoms with Gasteiger partial charge in [-0.25, -0.2) is 0 Å². The molecule has 4 nitrogen and oxygen atoms in total. The molecule has 1 atom stereocenters. The highest BCUT2D eigenvalue weighted by molar-refractivity contribution is 5.78. The van der Waals surface area contributed by atoms with Crippen LogP contribution in [-0.4, -0.2) is 19.5 Å². The molecule has 0 saturated carbocycles. The van der Waals surface area contributed by atoms with Crippen molar-refractivity contribution in [2.24, 2.45) is 5.92 Å². The van der Waals surface area contributed by atoms with Crippen molar-refractivity contribution in [1.82, 2.24) is 10.6 Å². The maximum Gasteiger partial charge on any atom is 0.224 e. The predicted molar refractivity (Wildman–Crippen MR) is 66.1 cm³/mol. The van der Waals surface area contributed by atoms with Gasteiger partial charge < -0.3 is 10.6 Å². The Bertz CT molecular complexity index is 423. The average Bonchev–Trinajstić information content (AvgIpc) is 2.36. The van der Waals surface area contributed by atoms with Crippen molar-refractivity contribution >= 4 is 5.91 Å². The van der Waals surface area contributed by atoms with Crippen LogP contribution in [0, 0.1) is 17.2 Å². The maximum absolute atomic E-state index is 11.6. The molecule has 0 heterocycles. The van der Waals surface area contributed by atoms with Crippen molar-refractivity contribution in [3.8, 4) is 6.07 Å². The lowest BCUT2D eigenvalue weighted by Crippen LogP contribution is -2.33. The van der Waals surface area contributed by atoms with Gasteiger partial charge in [-0.2, -0.15) is 5.26 Å². The Morgan fingerprint density at radius 2 is 2.29 bits per heavy atom. The van der Waals surface area contributed by atoms with Crippen LogP contribution in [0.2, 0.25) is 0 Å². The van der Waals surface area contributed by atoms with Crippen LogP contribution in [0.15, 0.2) is 24.3 Å². The van der Waals surface area contributed by atoms with Gasteiger partial charge in [0.15, 0.2) is 0 Å². The van der Waals surface area contributed by atoms with Gasteiger partial charge in [-0.3, -0.25) is 4.79 Å². The van der Waals surface area contributed by atoms with Gasteiger partial charge in [0.1, 0.15) is 0 Å². The van der Waals surface area contributed by atoms with Crippen LogP contribution < -0.4 is 10.6 Å². The summed E-state index contributed by atoms with van der Waals surface area (Å²) < 4.78 is 0. The number of rotatable bonds is 5. The first-order valence-corrected chi connectivity index (χ1v) is 5.58. The Kier molecular flexibility index (Phi) is 5.18. The highest BCUT2D eigenvalue weighted by atomic mass is 16.1. The molecule has 0 radical (unpaired) electrons.